The molecule has 7 nitrogen and oxygen atoms in total. The standard InChI is InChI=1S/C27H35N3O4/c1-3-32-20-23(31)17-29(18-25-15-10-16-33-25)19-26-21(2)28-30(22-11-6-4-7-12-22)27(26)34-24-13-8-5-9-14-24/h4-9,11-14,23,25,31H,3,10,15-20H2,1-2H3/t23-,25+/m1/s1. The molecule has 2 heterocycles. The van der Waals surface area contributed by atoms with Crippen molar-refractivity contribution in [2.45, 2.75) is 45.4 Å². The van der Waals surface area contributed by atoms with Crippen LogP contribution in [0.4, 0.5) is 0 Å². The smallest absolute Gasteiger partial charge is 0.227 e. The molecule has 0 bridgehead atoms. The lowest BCUT2D eigenvalue weighted by Crippen LogP contribution is -2.39. The van der Waals surface area contributed by atoms with Gasteiger partial charge in [0, 0.05) is 32.8 Å². The molecule has 0 radical (unpaired) electrons. The molecule has 1 fully saturated rings. The number of ether oxygens (including phenoxy) is 3. The minimum absolute atomic E-state index is 0.169. The van der Waals surface area contributed by atoms with Crippen molar-refractivity contribution in [3.8, 4) is 17.3 Å². The van der Waals surface area contributed by atoms with E-state index in [1.807, 2.05) is 79.2 Å². The van der Waals surface area contributed by atoms with Gasteiger partial charge >= 0.3 is 0 Å². The van der Waals surface area contributed by atoms with Gasteiger partial charge in [0.15, 0.2) is 0 Å². The van der Waals surface area contributed by atoms with Crippen LogP contribution in [0, 0.1) is 6.92 Å². The number of nitrogens with zero attached hydrogens (tertiary/aromatic N) is 3. The number of aryl methyl sites for hydroxylation is 1. The van der Waals surface area contributed by atoms with Crippen LogP contribution in [0.2, 0.25) is 0 Å². The molecular weight excluding hydrogens is 430 g/mol. The summed E-state index contributed by atoms with van der Waals surface area (Å²) in [7, 11) is 0. The highest BCUT2D eigenvalue weighted by Gasteiger charge is 2.26. The Labute approximate surface area is 201 Å². The van der Waals surface area contributed by atoms with E-state index in [1.165, 1.54) is 0 Å². The van der Waals surface area contributed by atoms with Crippen molar-refractivity contribution in [1.29, 1.82) is 0 Å². The second-order valence-electron chi connectivity index (χ2n) is 8.67. The molecule has 34 heavy (non-hydrogen) atoms. The topological polar surface area (TPSA) is 69.0 Å². The minimum atomic E-state index is -0.579. The molecular formula is C27H35N3O4. The van der Waals surface area contributed by atoms with Crippen LogP contribution >= 0.6 is 0 Å². The fourth-order valence-electron chi connectivity index (χ4n) is 4.28. The zero-order chi connectivity index (χ0) is 23.8. The molecule has 0 amide bonds. The van der Waals surface area contributed by atoms with Crippen molar-refractivity contribution >= 4 is 0 Å². The molecule has 1 aromatic heterocycles. The fraction of sp³-hybridized carbons (Fsp3) is 0.444. The summed E-state index contributed by atoms with van der Waals surface area (Å²) in [6.45, 7) is 7.45. The molecule has 0 spiro atoms. The van der Waals surface area contributed by atoms with E-state index in [9.17, 15) is 5.11 Å². The van der Waals surface area contributed by atoms with E-state index < -0.39 is 6.10 Å². The Morgan fingerprint density at radius 1 is 1.15 bits per heavy atom. The molecule has 7 heteroatoms. The molecule has 1 saturated heterocycles. The average molecular weight is 466 g/mol. The molecule has 1 aliphatic rings. The number of aliphatic hydroxyl groups is 1. The van der Waals surface area contributed by atoms with Gasteiger partial charge in [0.25, 0.3) is 0 Å². The number of para-hydroxylation sites is 2. The first kappa shape index (κ1) is 24.4. The van der Waals surface area contributed by atoms with Gasteiger partial charge in [-0.1, -0.05) is 36.4 Å². The Bertz CT molecular complexity index is 1000. The van der Waals surface area contributed by atoms with Gasteiger partial charge in [-0.15, -0.1) is 0 Å². The number of benzene rings is 2. The first-order valence-electron chi connectivity index (χ1n) is 12.1. The van der Waals surface area contributed by atoms with Gasteiger partial charge in [-0.2, -0.15) is 5.10 Å². The summed E-state index contributed by atoms with van der Waals surface area (Å²) in [4.78, 5) is 2.23. The van der Waals surface area contributed by atoms with Gasteiger partial charge in [0.05, 0.1) is 35.8 Å². The maximum absolute atomic E-state index is 10.6. The molecule has 0 aliphatic carbocycles. The summed E-state index contributed by atoms with van der Waals surface area (Å²) in [5.74, 6) is 1.44. The van der Waals surface area contributed by atoms with Crippen LogP contribution in [-0.4, -0.2) is 64.9 Å². The average Bonchev–Trinajstić information content (AvgIpc) is 3.47. The highest BCUT2D eigenvalue weighted by Crippen LogP contribution is 2.32. The van der Waals surface area contributed by atoms with Crippen molar-refractivity contribution in [2.24, 2.45) is 0 Å². The summed E-state index contributed by atoms with van der Waals surface area (Å²) in [5, 5.41) is 15.4. The van der Waals surface area contributed by atoms with Crippen LogP contribution in [0.3, 0.4) is 0 Å². The Kier molecular flexibility index (Phi) is 8.71. The van der Waals surface area contributed by atoms with Crippen molar-refractivity contribution < 1.29 is 19.3 Å². The molecule has 1 N–H and O–H groups in total. The summed E-state index contributed by atoms with van der Waals surface area (Å²) in [6, 6.07) is 19.8. The maximum atomic E-state index is 10.6. The summed E-state index contributed by atoms with van der Waals surface area (Å²) in [5.41, 5.74) is 2.82. The lowest BCUT2D eigenvalue weighted by molar-refractivity contribution is 0.00498. The van der Waals surface area contributed by atoms with Gasteiger partial charge in [-0.25, -0.2) is 4.68 Å². The third kappa shape index (κ3) is 6.45. The zero-order valence-corrected chi connectivity index (χ0v) is 20.1. The third-order valence-electron chi connectivity index (χ3n) is 5.95. The molecule has 2 aromatic carbocycles. The predicted octanol–water partition coefficient (Wildman–Crippen LogP) is 4.35. The molecule has 1 aliphatic heterocycles. The molecule has 0 saturated carbocycles. The Morgan fingerprint density at radius 3 is 2.56 bits per heavy atom. The van der Waals surface area contributed by atoms with Gasteiger partial charge in [0.1, 0.15) is 5.75 Å². The lowest BCUT2D eigenvalue weighted by Gasteiger charge is -2.27. The van der Waals surface area contributed by atoms with Crippen molar-refractivity contribution in [3.05, 3.63) is 71.9 Å². The summed E-state index contributed by atoms with van der Waals surface area (Å²) in [6.07, 6.45) is 1.70. The lowest BCUT2D eigenvalue weighted by atomic mass is 10.1. The van der Waals surface area contributed by atoms with Crippen LogP contribution in [-0.2, 0) is 16.0 Å². The molecule has 4 rings (SSSR count). The Hall–Kier alpha value is -2.71. The van der Waals surface area contributed by atoms with Gasteiger partial charge in [-0.05, 0) is 51.0 Å². The van der Waals surface area contributed by atoms with Crippen LogP contribution in [0.1, 0.15) is 31.0 Å². The van der Waals surface area contributed by atoms with E-state index in [0.717, 1.165) is 48.7 Å². The SMILES string of the molecule is CCOC[C@H](O)CN(Cc1c(C)nn(-c2ccccc2)c1Oc1ccccc1)C[C@@H]1CCCO1. The molecule has 182 valence electrons. The highest BCUT2D eigenvalue weighted by atomic mass is 16.5. The van der Waals surface area contributed by atoms with E-state index in [1.54, 1.807) is 0 Å². The minimum Gasteiger partial charge on any atom is -0.439 e. The van der Waals surface area contributed by atoms with Crippen molar-refractivity contribution in [1.82, 2.24) is 14.7 Å². The maximum Gasteiger partial charge on any atom is 0.227 e. The quantitative estimate of drug-likeness (QED) is 0.429. The second-order valence-corrected chi connectivity index (χ2v) is 8.67. The highest BCUT2D eigenvalue weighted by molar-refractivity contribution is 5.43. The summed E-state index contributed by atoms with van der Waals surface area (Å²) >= 11 is 0. The summed E-state index contributed by atoms with van der Waals surface area (Å²) < 4.78 is 19.6. The van der Waals surface area contributed by atoms with Crippen LogP contribution < -0.4 is 4.74 Å². The van der Waals surface area contributed by atoms with E-state index >= 15 is 0 Å². The zero-order valence-electron chi connectivity index (χ0n) is 20.1. The molecule has 0 unspecified atom stereocenters. The van der Waals surface area contributed by atoms with E-state index in [0.29, 0.717) is 32.2 Å². The Morgan fingerprint density at radius 2 is 1.88 bits per heavy atom. The van der Waals surface area contributed by atoms with Gasteiger partial charge in [0.2, 0.25) is 5.88 Å². The van der Waals surface area contributed by atoms with Gasteiger partial charge in [-0.3, -0.25) is 4.90 Å². The predicted molar refractivity (Wildman–Crippen MR) is 132 cm³/mol. The first-order valence-corrected chi connectivity index (χ1v) is 12.1. The van der Waals surface area contributed by atoms with Crippen molar-refractivity contribution in [3.63, 3.8) is 0 Å². The van der Waals surface area contributed by atoms with Crippen LogP contribution in [0.15, 0.2) is 60.7 Å². The van der Waals surface area contributed by atoms with Gasteiger partial charge < -0.3 is 19.3 Å². The van der Waals surface area contributed by atoms with E-state index in [-0.39, 0.29) is 6.10 Å². The fourth-order valence-corrected chi connectivity index (χ4v) is 4.28. The van der Waals surface area contributed by atoms with Crippen LogP contribution in [0.25, 0.3) is 5.69 Å². The molecule has 2 atom stereocenters. The normalized spacial score (nSPS) is 16.8. The van der Waals surface area contributed by atoms with E-state index in [4.69, 9.17) is 19.3 Å². The number of hydrogen-bond donors (Lipinski definition) is 1. The largest absolute Gasteiger partial charge is 0.439 e. The number of aromatic nitrogens is 2. The van der Waals surface area contributed by atoms with Crippen molar-refractivity contribution in [2.75, 3.05) is 32.9 Å². The number of hydrogen-bond acceptors (Lipinski definition) is 6. The van der Waals surface area contributed by atoms with Crippen LogP contribution in [0.5, 0.6) is 11.6 Å². The number of aliphatic hydroxyl groups excluding tert-OH is 1. The Balaban J connectivity index is 1.64. The second kappa shape index (κ2) is 12.1. The molecule has 3 aromatic rings. The van der Waals surface area contributed by atoms with E-state index in [2.05, 4.69) is 4.90 Å². The monoisotopic (exact) mass is 465 g/mol. The number of rotatable bonds is 12. The first-order chi connectivity index (χ1) is 16.6. The third-order valence-corrected chi connectivity index (χ3v) is 5.95.